The van der Waals surface area contributed by atoms with Gasteiger partial charge < -0.3 is 9.47 Å². The first-order valence-electron chi connectivity index (χ1n) is 10.9. The molecule has 1 atom stereocenters. The molecule has 3 aromatic carbocycles. The fourth-order valence-corrected chi connectivity index (χ4v) is 3.56. The van der Waals surface area contributed by atoms with E-state index in [1.54, 1.807) is 12.2 Å². The fourth-order valence-electron chi connectivity index (χ4n) is 3.56. The maximum Gasteiger partial charge on any atom is 0.201 e. The van der Waals surface area contributed by atoms with Crippen LogP contribution in [0.1, 0.15) is 37.1 Å². The Balaban J connectivity index is 1.71. The van der Waals surface area contributed by atoms with E-state index in [1.807, 2.05) is 6.92 Å². The Labute approximate surface area is 199 Å². The fraction of sp³-hybridized carbons (Fsp3) is 0.259. The van der Waals surface area contributed by atoms with E-state index < -0.39 is 52.1 Å². The summed E-state index contributed by atoms with van der Waals surface area (Å²) < 4.78 is 96.4. The summed E-state index contributed by atoms with van der Waals surface area (Å²) in [6.07, 6.45) is 2.48. The number of aryl methyl sites for hydroxylation is 1. The molecule has 35 heavy (non-hydrogen) atoms. The largest absolute Gasteiger partial charge is 0.494 e. The standard InChI is InChI=1S/C27H24F6O2/c1-3-4-5-6-16-7-9-18(25(31)24(16)30)19-10-12-23(27(33)26(19)32)35-14-13-20(28)17-8-11-22(34-2)21(29)15-17/h3-4,7-12,15,20H,5-6,13-14H2,1-2H3. The molecule has 0 aliphatic carbocycles. The highest BCUT2D eigenvalue weighted by Crippen LogP contribution is 2.34. The normalized spacial score (nSPS) is 12.2. The van der Waals surface area contributed by atoms with Crippen molar-refractivity contribution in [2.75, 3.05) is 13.7 Å². The maximum atomic E-state index is 14.7. The summed E-state index contributed by atoms with van der Waals surface area (Å²) in [5.74, 6) is -6.50. The molecule has 3 aromatic rings. The Morgan fingerprint density at radius 1 is 0.829 bits per heavy atom. The minimum Gasteiger partial charge on any atom is -0.494 e. The van der Waals surface area contributed by atoms with Gasteiger partial charge in [-0.05, 0) is 55.2 Å². The molecule has 8 heteroatoms. The van der Waals surface area contributed by atoms with Crippen molar-refractivity contribution in [2.45, 2.75) is 32.4 Å². The second-order valence-electron chi connectivity index (χ2n) is 7.75. The van der Waals surface area contributed by atoms with Gasteiger partial charge in [0.15, 0.2) is 34.8 Å². The van der Waals surface area contributed by atoms with Gasteiger partial charge in [0.05, 0.1) is 13.7 Å². The summed E-state index contributed by atoms with van der Waals surface area (Å²) in [4.78, 5) is 0. The number of hydrogen-bond acceptors (Lipinski definition) is 2. The Hall–Kier alpha value is -3.42. The Kier molecular flexibility index (Phi) is 8.84. The van der Waals surface area contributed by atoms with Gasteiger partial charge in [-0.3, -0.25) is 0 Å². The van der Waals surface area contributed by atoms with Crippen LogP contribution in [0.3, 0.4) is 0 Å². The summed E-state index contributed by atoms with van der Waals surface area (Å²) in [6.45, 7) is 1.47. The summed E-state index contributed by atoms with van der Waals surface area (Å²) in [5, 5.41) is 0. The third kappa shape index (κ3) is 5.99. The monoisotopic (exact) mass is 494 g/mol. The van der Waals surface area contributed by atoms with Crippen LogP contribution in [0.25, 0.3) is 11.1 Å². The number of benzene rings is 3. The average Bonchev–Trinajstić information content (AvgIpc) is 2.85. The van der Waals surface area contributed by atoms with Crippen LogP contribution in [0.2, 0.25) is 0 Å². The first-order chi connectivity index (χ1) is 16.8. The van der Waals surface area contributed by atoms with Crippen molar-refractivity contribution < 1.29 is 35.8 Å². The van der Waals surface area contributed by atoms with Gasteiger partial charge in [0.2, 0.25) is 5.82 Å². The second kappa shape index (κ2) is 11.8. The van der Waals surface area contributed by atoms with Crippen LogP contribution in [0, 0.1) is 29.1 Å². The molecule has 3 rings (SSSR count). The first-order valence-corrected chi connectivity index (χ1v) is 10.9. The predicted octanol–water partition coefficient (Wildman–Crippen LogP) is 8.05. The third-order valence-corrected chi connectivity index (χ3v) is 5.48. The van der Waals surface area contributed by atoms with E-state index in [9.17, 15) is 26.3 Å². The van der Waals surface area contributed by atoms with Gasteiger partial charge in [0, 0.05) is 17.5 Å². The van der Waals surface area contributed by atoms with E-state index in [4.69, 9.17) is 9.47 Å². The van der Waals surface area contributed by atoms with E-state index in [0.717, 1.165) is 18.2 Å². The molecule has 0 aromatic heterocycles. The molecule has 0 aliphatic heterocycles. The van der Waals surface area contributed by atoms with Gasteiger partial charge in [-0.25, -0.2) is 22.0 Å². The second-order valence-corrected chi connectivity index (χ2v) is 7.75. The molecule has 0 heterocycles. The van der Waals surface area contributed by atoms with Crippen LogP contribution < -0.4 is 9.47 Å². The minimum atomic E-state index is -1.62. The molecular weight excluding hydrogens is 470 g/mol. The van der Waals surface area contributed by atoms with Crippen LogP contribution >= 0.6 is 0 Å². The van der Waals surface area contributed by atoms with E-state index in [1.165, 1.54) is 31.4 Å². The van der Waals surface area contributed by atoms with Crippen molar-refractivity contribution in [1.82, 2.24) is 0 Å². The van der Waals surface area contributed by atoms with Crippen LogP contribution in [-0.4, -0.2) is 13.7 Å². The van der Waals surface area contributed by atoms with Crippen LogP contribution in [0.4, 0.5) is 26.3 Å². The molecule has 0 saturated carbocycles. The molecule has 0 aliphatic rings. The topological polar surface area (TPSA) is 18.5 Å². The van der Waals surface area contributed by atoms with E-state index in [-0.39, 0.29) is 36.3 Å². The highest BCUT2D eigenvalue weighted by atomic mass is 19.2. The Morgan fingerprint density at radius 2 is 1.49 bits per heavy atom. The van der Waals surface area contributed by atoms with Gasteiger partial charge in [0.1, 0.15) is 6.17 Å². The lowest BCUT2D eigenvalue weighted by Gasteiger charge is -2.14. The Bertz CT molecular complexity index is 1210. The third-order valence-electron chi connectivity index (χ3n) is 5.48. The van der Waals surface area contributed by atoms with Crippen molar-refractivity contribution >= 4 is 0 Å². The lowest BCUT2D eigenvalue weighted by Crippen LogP contribution is -2.06. The molecule has 0 bridgehead atoms. The van der Waals surface area contributed by atoms with Crippen LogP contribution in [-0.2, 0) is 6.42 Å². The van der Waals surface area contributed by atoms with Gasteiger partial charge in [-0.15, -0.1) is 0 Å². The molecular formula is C27H24F6O2. The zero-order chi connectivity index (χ0) is 25.5. The first kappa shape index (κ1) is 26.2. The van der Waals surface area contributed by atoms with Crippen molar-refractivity contribution in [2.24, 2.45) is 0 Å². The van der Waals surface area contributed by atoms with Crippen molar-refractivity contribution in [3.8, 4) is 22.6 Å². The number of methoxy groups -OCH3 is 1. The van der Waals surface area contributed by atoms with E-state index in [2.05, 4.69) is 0 Å². The summed E-state index contributed by atoms with van der Waals surface area (Å²) >= 11 is 0. The van der Waals surface area contributed by atoms with E-state index >= 15 is 0 Å². The highest BCUT2D eigenvalue weighted by molar-refractivity contribution is 5.66. The van der Waals surface area contributed by atoms with Gasteiger partial charge >= 0.3 is 0 Å². The average molecular weight is 494 g/mol. The molecule has 0 fully saturated rings. The minimum absolute atomic E-state index is 0.0329. The maximum absolute atomic E-state index is 14.7. The molecule has 0 N–H and O–H groups in total. The highest BCUT2D eigenvalue weighted by Gasteiger charge is 2.22. The summed E-state index contributed by atoms with van der Waals surface area (Å²) in [7, 11) is 1.28. The molecule has 0 amide bonds. The number of alkyl halides is 1. The predicted molar refractivity (Wildman–Crippen MR) is 122 cm³/mol. The molecule has 0 spiro atoms. The zero-order valence-corrected chi connectivity index (χ0v) is 19.2. The number of hydrogen-bond donors (Lipinski definition) is 0. The van der Waals surface area contributed by atoms with Crippen molar-refractivity contribution in [3.05, 3.63) is 94.8 Å². The van der Waals surface area contributed by atoms with E-state index in [0.29, 0.717) is 6.42 Å². The van der Waals surface area contributed by atoms with Gasteiger partial charge in [-0.2, -0.15) is 4.39 Å². The number of halogens is 6. The molecule has 2 nitrogen and oxygen atoms in total. The van der Waals surface area contributed by atoms with Crippen molar-refractivity contribution in [3.63, 3.8) is 0 Å². The number of allylic oxidation sites excluding steroid dienone is 2. The van der Waals surface area contributed by atoms with Gasteiger partial charge in [-0.1, -0.05) is 30.4 Å². The zero-order valence-electron chi connectivity index (χ0n) is 19.2. The SMILES string of the molecule is CC=CCCc1ccc(-c2ccc(OCCC(F)c3ccc(OC)c(F)c3)c(F)c2F)c(F)c1F. The van der Waals surface area contributed by atoms with Gasteiger partial charge in [0.25, 0.3) is 0 Å². The lowest BCUT2D eigenvalue weighted by molar-refractivity contribution is 0.228. The molecule has 0 saturated heterocycles. The van der Waals surface area contributed by atoms with Crippen LogP contribution in [0.15, 0.2) is 54.6 Å². The van der Waals surface area contributed by atoms with Crippen LogP contribution in [0.5, 0.6) is 11.5 Å². The molecule has 1 unspecified atom stereocenters. The number of ether oxygens (including phenoxy) is 2. The molecule has 186 valence electrons. The quantitative estimate of drug-likeness (QED) is 0.210. The summed E-state index contributed by atoms with van der Waals surface area (Å²) in [6, 6.07) is 8.27. The van der Waals surface area contributed by atoms with Crippen molar-refractivity contribution in [1.29, 1.82) is 0 Å². The smallest absolute Gasteiger partial charge is 0.201 e. The lowest BCUT2D eigenvalue weighted by atomic mass is 9.99. The Morgan fingerprint density at radius 3 is 2.14 bits per heavy atom. The number of rotatable bonds is 10. The molecule has 0 radical (unpaired) electrons. The summed E-state index contributed by atoms with van der Waals surface area (Å²) in [5.41, 5.74) is -0.725.